The number of hydrogen-bond acceptors (Lipinski definition) is 3. The first-order chi connectivity index (χ1) is 11.5. The molecule has 126 valence electrons. The zero-order valence-electron chi connectivity index (χ0n) is 14.3. The molecule has 2 aromatic carbocycles. The summed E-state index contributed by atoms with van der Waals surface area (Å²) in [5.74, 6) is -0.139. The van der Waals surface area contributed by atoms with Gasteiger partial charge in [-0.15, -0.1) is 5.11 Å². The normalized spacial score (nSPS) is 12.2. The summed E-state index contributed by atoms with van der Waals surface area (Å²) in [7, 11) is 1.50. The van der Waals surface area contributed by atoms with Gasteiger partial charge in [-0.1, -0.05) is 6.07 Å². The van der Waals surface area contributed by atoms with E-state index in [2.05, 4.69) is 10.8 Å². The van der Waals surface area contributed by atoms with E-state index in [1.165, 1.54) is 7.05 Å². The number of benzene rings is 2. The van der Waals surface area contributed by atoms with E-state index in [0.717, 1.165) is 52.6 Å². The van der Waals surface area contributed by atoms with Crippen molar-refractivity contribution in [1.82, 2.24) is 0 Å². The highest BCUT2D eigenvalue weighted by atomic mass is 19.1. The van der Waals surface area contributed by atoms with Crippen LogP contribution in [-0.4, -0.2) is 12.9 Å². The number of nitrogens with one attached hydrogen (secondary N) is 2. The number of nitrogens with two attached hydrogens (primary N) is 1. The summed E-state index contributed by atoms with van der Waals surface area (Å²) in [6, 6.07) is 7.20. The van der Waals surface area contributed by atoms with Gasteiger partial charge in [-0.25, -0.2) is 9.92 Å². The van der Waals surface area contributed by atoms with Crippen LogP contribution < -0.4 is 5.73 Å². The summed E-state index contributed by atoms with van der Waals surface area (Å²) in [5.41, 5.74) is 18.4. The summed E-state index contributed by atoms with van der Waals surface area (Å²) in [4.78, 5) is 0. The van der Waals surface area contributed by atoms with Gasteiger partial charge in [0.1, 0.15) is 5.82 Å². The molecule has 4 nitrogen and oxygen atoms in total. The molecule has 0 radical (unpaired) electrons. The molecular weight excluding hydrogens is 303 g/mol. The van der Waals surface area contributed by atoms with Gasteiger partial charge in [0, 0.05) is 5.56 Å². The predicted molar refractivity (Wildman–Crippen MR) is 95.4 cm³/mol. The average Bonchev–Trinajstić information content (AvgIpc) is 3.08. The lowest BCUT2D eigenvalue weighted by molar-refractivity contribution is 0.613. The van der Waals surface area contributed by atoms with Crippen molar-refractivity contribution in [2.45, 2.75) is 33.1 Å². The number of halogens is 1. The van der Waals surface area contributed by atoms with Crippen LogP contribution in [0.1, 0.15) is 34.2 Å². The highest BCUT2D eigenvalue weighted by molar-refractivity contribution is 5.97. The van der Waals surface area contributed by atoms with Crippen molar-refractivity contribution >= 4 is 5.84 Å². The van der Waals surface area contributed by atoms with Gasteiger partial charge in [0.2, 0.25) is 0 Å². The minimum atomic E-state index is -0.0991. The third-order valence-electron chi connectivity index (χ3n) is 4.41. The van der Waals surface area contributed by atoms with Crippen molar-refractivity contribution < 1.29 is 4.39 Å². The molecule has 0 unspecified atom stereocenters. The Bertz CT molecular complexity index is 773. The molecular formula is C19H23FN4. The van der Waals surface area contributed by atoms with Gasteiger partial charge in [-0.05, 0) is 91.7 Å². The molecule has 5 heteroatoms. The number of hydrogen-bond donors (Lipinski definition) is 3. The summed E-state index contributed by atoms with van der Waals surface area (Å²) < 4.78 is 13.9. The number of amidine groups is 1. The van der Waals surface area contributed by atoms with E-state index in [1.54, 1.807) is 6.07 Å². The second kappa shape index (κ2) is 7.45. The first kappa shape index (κ1) is 17.9. The van der Waals surface area contributed by atoms with Crippen LogP contribution in [0.4, 0.5) is 4.39 Å². The Balaban J connectivity index is 0.00000100. The molecule has 24 heavy (non-hydrogen) atoms. The fraction of sp³-hybridized carbons (Fsp3) is 0.316. The molecule has 0 atom stereocenters. The third kappa shape index (κ3) is 3.12. The van der Waals surface area contributed by atoms with Crippen molar-refractivity contribution in [3.63, 3.8) is 0 Å². The Hall–Kier alpha value is -2.40. The van der Waals surface area contributed by atoms with Gasteiger partial charge in [0.25, 0.3) is 0 Å². The maximum Gasteiger partial charge on any atom is 0.173 e. The fourth-order valence-corrected chi connectivity index (χ4v) is 3.49. The predicted octanol–water partition coefficient (Wildman–Crippen LogP) is 4.53. The smallest absolute Gasteiger partial charge is 0.173 e. The van der Waals surface area contributed by atoms with Gasteiger partial charge < -0.3 is 5.73 Å². The monoisotopic (exact) mass is 326 g/mol. The van der Waals surface area contributed by atoms with Gasteiger partial charge in [-0.3, -0.25) is 5.41 Å². The SMILES string of the molecule is CN.Cc1cc(C(=N)N=N)cc(C)c1-c1ccc(F)c2c1CCC2. The minimum Gasteiger partial charge on any atom is -0.333 e. The second-order valence-electron chi connectivity index (χ2n) is 5.85. The van der Waals surface area contributed by atoms with Crippen molar-refractivity contribution in [2.75, 3.05) is 7.05 Å². The number of fused-ring (bicyclic) bond motifs is 1. The quantitative estimate of drug-likeness (QED) is 0.423. The van der Waals surface area contributed by atoms with Gasteiger partial charge in [0.05, 0.1) is 0 Å². The van der Waals surface area contributed by atoms with E-state index in [-0.39, 0.29) is 11.7 Å². The molecule has 0 aromatic heterocycles. The molecule has 0 amide bonds. The molecule has 0 heterocycles. The molecule has 0 saturated carbocycles. The molecule has 1 aliphatic rings. The van der Waals surface area contributed by atoms with Gasteiger partial charge >= 0.3 is 0 Å². The van der Waals surface area contributed by atoms with Crippen LogP contribution in [0.15, 0.2) is 29.4 Å². The Morgan fingerprint density at radius 3 is 2.25 bits per heavy atom. The highest BCUT2D eigenvalue weighted by Gasteiger charge is 2.21. The summed E-state index contributed by atoms with van der Waals surface area (Å²) in [5, 5.41) is 10.9. The first-order valence-corrected chi connectivity index (χ1v) is 7.99. The number of nitrogens with zero attached hydrogens (tertiary/aromatic N) is 1. The van der Waals surface area contributed by atoms with Crippen LogP contribution >= 0.6 is 0 Å². The maximum atomic E-state index is 13.9. The molecule has 3 rings (SSSR count). The first-order valence-electron chi connectivity index (χ1n) is 7.99. The Morgan fingerprint density at radius 1 is 1.08 bits per heavy atom. The minimum absolute atomic E-state index is 0.0397. The molecule has 1 aliphatic carbocycles. The van der Waals surface area contributed by atoms with Crippen LogP contribution in [0.2, 0.25) is 0 Å². The lowest BCUT2D eigenvalue weighted by Gasteiger charge is -2.16. The Kier molecular flexibility index (Phi) is 5.57. The molecule has 4 N–H and O–H groups in total. The van der Waals surface area contributed by atoms with Crippen LogP contribution in [0, 0.1) is 30.6 Å². The standard InChI is InChI=1S/C18H18FN3.CH5N/c1-10-8-12(18(20)22-21)9-11(2)17(10)15-6-7-16(19)14-5-3-4-13(14)15;1-2/h6-9,20-21H,3-5H2,1-2H3;2H2,1H3. The molecule has 0 spiro atoms. The van der Waals surface area contributed by atoms with Crippen molar-refractivity contribution in [1.29, 1.82) is 10.9 Å². The summed E-state index contributed by atoms with van der Waals surface area (Å²) in [6.45, 7) is 3.99. The summed E-state index contributed by atoms with van der Waals surface area (Å²) >= 11 is 0. The van der Waals surface area contributed by atoms with Gasteiger partial charge in [0.15, 0.2) is 5.84 Å². The average molecular weight is 326 g/mol. The zero-order chi connectivity index (χ0) is 17.9. The van der Waals surface area contributed by atoms with Crippen molar-refractivity contribution in [2.24, 2.45) is 10.8 Å². The Morgan fingerprint density at radius 2 is 1.67 bits per heavy atom. The lowest BCUT2D eigenvalue weighted by Crippen LogP contribution is -2.00. The van der Waals surface area contributed by atoms with Crippen LogP contribution in [-0.2, 0) is 12.8 Å². The van der Waals surface area contributed by atoms with Crippen LogP contribution in [0.5, 0.6) is 0 Å². The number of aryl methyl sites for hydroxylation is 2. The van der Waals surface area contributed by atoms with E-state index < -0.39 is 0 Å². The Labute approximate surface area is 141 Å². The van der Waals surface area contributed by atoms with Crippen molar-refractivity contribution in [3.8, 4) is 11.1 Å². The summed E-state index contributed by atoms with van der Waals surface area (Å²) in [6.07, 6.45) is 2.73. The molecule has 0 saturated heterocycles. The third-order valence-corrected chi connectivity index (χ3v) is 4.41. The van der Waals surface area contributed by atoms with E-state index in [4.69, 9.17) is 10.9 Å². The zero-order valence-corrected chi connectivity index (χ0v) is 14.3. The molecule has 0 aliphatic heterocycles. The fourth-order valence-electron chi connectivity index (χ4n) is 3.49. The van der Waals surface area contributed by atoms with Crippen molar-refractivity contribution in [3.05, 3.63) is 57.9 Å². The van der Waals surface area contributed by atoms with Crippen LogP contribution in [0.3, 0.4) is 0 Å². The molecule has 0 fully saturated rings. The maximum absolute atomic E-state index is 13.9. The highest BCUT2D eigenvalue weighted by Crippen LogP contribution is 2.37. The van der Waals surface area contributed by atoms with E-state index in [0.29, 0.717) is 5.56 Å². The van der Waals surface area contributed by atoms with E-state index in [1.807, 2.05) is 32.0 Å². The molecule has 0 bridgehead atoms. The van der Waals surface area contributed by atoms with Gasteiger partial charge in [-0.2, -0.15) is 0 Å². The molecule has 2 aromatic rings. The lowest BCUT2D eigenvalue weighted by atomic mass is 9.89. The van der Waals surface area contributed by atoms with E-state index >= 15 is 0 Å². The topological polar surface area (TPSA) is 86.1 Å². The second-order valence-corrected chi connectivity index (χ2v) is 5.85. The largest absolute Gasteiger partial charge is 0.333 e. The van der Waals surface area contributed by atoms with E-state index in [9.17, 15) is 4.39 Å². The van der Waals surface area contributed by atoms with Crippen LogP contribution in [0.25, 0.3) is 11.1 Å². The number of rotatable bonds is 2.